The molecule has 1 rings (SSSR count). The summed E-state index contributed by atoms with van der Waals surface area (Å²) >= 11 is 0. The molecule has 2 amide bonds. The van der Waals surface area contributed by atoms with Gasteiger partial charge < -0.3 is 16.2 Å². The molecule has 4 N–H and O–H groups in total. The van der Waals surface area contributed by atoms with Gasteiger partial charge in [0, 0.05) is 0 Å². The molecule has 1 aliphatic heterocycles. The molecule has 1 fully saturated rings. The van der Waals surface area contributed by atoms with Gasteiger partial charge in [-0.25, -0.2) is 0 Å². The normalized spacial score (nSPS) is 21.2. The Hall–Kier alpha value is -1.10. The van der Waals surface area contributed by atoms with Crippen LogP contribution in [0.1, 0.15) is 0 Å². The Morgan fingerprint density at radius 1 is 1.20 bits per heavy atom. The van der Waals surface area contributed by atoms with Gasteiger partial charge in [-0.3, -0.25) is 9.59 Å². The van der Waals surface area contributed by atoms with Crippen LogP contribution in [0.4, 0.5) is 0 Å². The first-order chi connectivity index (χ1) is 4.59. The van der Waals surface area contributed by atoms with Crippen LogP contribution in [-0.2, 0) is 14.3 Å². The summed E-state index contributed by atoms with van der Waals surface area (Å²) in [6.07, 6.45) is 0. The highest BCUT2D eigenvalue weighted by atomic mass is 16.5. The van der Waals surface area contributed by atoms with E-state index in [2.05, 4.69) is 4.74 Å². The summed E-state index contributed by atoms with van der Waals surface area (Å²) in [5.74, 6) is -1.41. The fourth-order valence-corrected chi connectivity index (χ4v) is 0.712. The highest BCUT2D eigenvalue weighted by molar-refractivity contribution is 6.04. The van der Waals surface area contributed by atoms with Crippen LogP contribution in [0, 0.1) is 5.41 Å². The van der Waals surface area contributed by atoms with Crippen LogP contribution < -0.4 is 11.5 Å². The van der Waals surface area contributed by atoms with E-state index < -0.39 is 17.2 Å². The van der Waals surface area contributed by atoms with Crippen molar-refractivity contribution in [3.8, 4) is 0 Å². The second-order valence-corrected chi connectivity index (χ2v) is 2.30. The van der Waals surface area contributed by atoms with Gasteiger partial charge in [0.1, 0.15) is 0 Å². The van der Waals surface area contributed by atoms with E-state index in [0.29, 0.717) is 0 Å². The first-order valence-electron chi connectivity index (χ1n) is 2.77. The van der Waals surface area contributed by atoms with Gasteiger partial charge in [0.25, 0.3) is 0 Å². The standard InChI is InChI=1S/C5H8N2O3/c6-3(8)5(4(7)9)1-10-2-5/h1-2H2,(H2,6,8)(H2,7,9). The molecule has 5 heteroatoms. The molecule has 0 atom stereocenters. The number of amides is 2. The van der Waals surface area contributed by atoms with E-state index in [1.165, 1.54) is 0 Å². The highest BCUT2D eigenvalue weighted by Gasteiger charge is 2.50. The van der Waals surface area contributed by atoms with Crippen molar-refractivity contribution in [3.63, 3.8) is 0 Å². The number of carbonyl (C=O) groups excluding carboxylic acids is 2. The third-order valence-electron chi connectivity index (χ3n) is 1.64. The summed E-state index contributed by atoms with van der Waals surface area (Å²) in [4.78, 5) is 21.2. The molecular formula is C5H8N2O3. The zero-order chi connectivity index (χ0) is 7.78. The Labute approximate surface area is 57.3 Å². The summed E-state index contributed by atoms with van der Waals surface area (Å²) in [6, 6.07) is 0. The van der Waals surface area contributed by atoms with Crippen LogP contribution in [0.15, 0.2) is 0 Å². The Bertz CT molecular complexity index is 169. The van der Waals surface area contributed by atoms with Crippen molar-refractivity contribution in [1.29, 1.82) is 0 Å². The van der Waals surface area contributed by atoms with Crippen molar-refractivity contribution in [2.24, 2.45) is 16.9 Å². The molecule has 0 aromatic carbocycles. The maximum absolute atomic E-state index is 10.6. The molecule has 0 bridgehead atoms. The van der Waals surface area contributed by atoms with E-state index in [1.54, 1.807) is 0 Å². The van der Waals surface area contributed by atoms with Gasteiger partial charge in [0.05, 0.1) is 13.2 Å². The van der Waals surface area contributed by atoms with Crippen LogP contribution in [0.3, 0.4) is 0 Å². The predicted octanol–water partition coefficient (Wildman–Crippen LogP) is -2.03. The summed E-state index contributed by atoms with van der Waals surface area (Å²) in [5.41, 5.74) is 8.61. The molecule has 0 radical (unpaired) electrons. The number of nitrogens with two attached hydrogens (primary N) is 2. The van der Waals surface area contributed by atoms with E-state index >= 15 is 0 Å². The molecule has 0 spiro atoms. The average molecular weight is 144 g/mol. The van der Waals surface area contributed by atoms with Crippen molar-refractivity contribution in [2.45, 2.75) is 0 Å². The summed E-state index contributed by atoms with van der Waals surface area (Å²) in [5, 5.41) is 0. The van der Waals surface area contributed by atoms with E-state index in [4.69, 9.17) is 11.5 Å². The molecule has 0 unspecified atom stereocenters. The Morgan fingerprint density at radius 3 is 1.60 bits per heavy atom. The molecule has 0 saturated carbocycles. The van der Waals surface area contributed by atoms with E-state index in [1.807, 2.05) is 0 Å². The lowest BCUT2D eigenvalue weighted by molar-refractivity contribution is -0.168. The molecular weight excluding hydrogens is 136 g/mol. The van der Waals surface area contributed by atoms with E-state index in [0.717, 1.165) is 0 Å². The summed E-state index contributed by atoms with van der Waals surface area (Å²) in [7, 11) is 0. The maximum Gasteiger partial charge on any atom is 0.237 e. The minimum absolute atomic E-state index is 0.0255. The van der Waals surface area contributed by atoms with Crippen LogP contribution in [0.5, 0.6) is 0 Å². The minimum atomic E-state index is -1.22. The van der Waals surface area contributed by atoms with Crippen molar-refractivity contribution in [2.75, 3.05) is 13.2 Å². The van der Waals surface area contributed by atoms with Gasteiger partial charge in [0.2, 0.25) is 11.8 Å². The fourth-order valence-electron chi connectivity index (χ4n) is 0.712. The molecule has 0 aromatic rings. The molecule has 1 aliphatic rings. The first-order valence-corrected chi connectivity index (χ1v) is 2.77. The Morgan fingerprint density at radius 2 is 1.60 bits per heavy atom. The predicted molar refractivity (Wildman–Crippen MR) is 31.6 cm³/mol. The highest BCUT2D eigenvalue weighted by Crippen LogP contribution is 2.25. The molecule has 1 saturated heterocycles. The lowest BCUT2D eigenvalue weighted by atomic mass is 9.84. The smallest absolute Gasteiger partial charge is 0.237 e. The fraction of sp³-hybridized carbons (Fsp3) is 0.600. The maximum atomic E-state index is 10.6. The number of carbonyl (C=O) groups is 2. The summed E-state index contributed by atoms with van der Waals surface area (Å²) < 4.78 is 4.66. The molecule has 10 heavy (non-hydrogen) atoms. The van der Waals surface area contributed by atoms with Crippen LogP contribution in [0.2, 0.25) is 0 Å². The molecule has 0 aromatic heterocycles. The largest absolute Gasteiger partial charge is 0.378 e. The van der Waals surface area contributed by atoms with Crippen molar-refractivity contribution in [3.05, 3.63) is 0 Å². The quantitative estimate of drug-likeness (QED) is 0.437. The number of primary amides is 2. The van der Waals surface area contributed by atoms with Gasteiger partial charge in [-0.15, -0.1) is 0 Å². The first kappa shape index (κ1) is 7.01. The number of hydrogen-bond donors (Lipinski definition) is 2. The number of hydrogen-bond acceptors (Lipinski definition) is 3. The molecule has 5 nitrogen and oxygen atoms in total. The zero-order valence-electron chi connectivity index (χ0n) is 5.29. The Balaban J connectivity index is 2.78. The van der Waals surface area contributed by atoms with Gasteiger partial charge in [0.15, 0.2) is 5.41 Å². The second kappa shape index (κ2) is 1.95. The number of ether oxygens (including phenoxy) is 1. The minimum Gasteiger partial charge on any atom is -0.378 e. The van der Waals surface area contributed by atoms with Crippen LogP contribution in [-0.4, -0.2) is 25.0 Å². The van der Waals surface area contributed by atoms with Crippen LogP contribution >= 0.6 is 0 Å². The monoisotopic (exact) mass is 144 g/mol. The van der Waals surface area contributed by atoms with Crippen molar-refractivity contribution >= 4 is 11.8 Å². The lowest BCUT2D eigenvalue weighted by Gasteiger charge is -2.34. The summed E-state index contributed by atoms with van der Waals surface area (Å²) in [6.45, 7) is 0.0509. The second-order valence-electron chi connectivity index (χ2n) is 2.30. The zero-order valence-corrected chi connectivity index (χ0v) is 5.29. The van der Waals surface area contributed by atoms with E-state index in [9.17, 15) is 9.59 Å². The van der Waals surface area contributed by atoms with Gasteiger partial charge in [-0.05, 0) is 0 Å². The SMILES string of the molecule is NC(=O)C1(C(N)=O)COC1. The third kappa shape index (κ3) is 0.672. The van der Waals surface area contributed by atoms with Gasteiger partial charge in [-0.1, -0.05) is 0 Å². The van der Waals surface area contributed by atoms with Gasteiger partial charge in [-0.2, -0.15) is 0 Å². The average Bonchev–Trinajstić information content (AvgIpc) is 1.57. The van der Waals surface area contributed by atoms with Gasteiger partial charge >= 0.3 is 0 Å². The Kier molecular flexibility index (Phi) is 1.37. The lowest BCUT2D eigenvalue weighted by Crippen LogP contribution is -2.60. The molecule has 56 valence electrons. The topological polar surface area (TPSA) is 95.4 Å². The number of rotatable bonds is 2. The van der Waals surface area contributed by atoms with Crippen molar-refractivity contribution < 1.29 is 14.3 Å². The van der Waals surface area contributed by atoms with Crippen LogP contribution in [0.25, 0.3) is 0 Å². The molecule has 0 aliphatic carbocycles. The third-order valence-corrected chi connectivity index (χ3v) is 1.64. The molecule has 1 heterocycles. The van der Waals surface area contributed by atoms with E-state index in [-0.39, 0.29) is 13.2 Å². The van der Waals surface area contributed by atoms with Crippen molar-refractivity contribution in [1.82, 2.24) is 0 Å².